The Labute approximate surface area is 162 Å². The van der Waals surface area contributed by atoms with Gasteiger partial charge in [0.1, 0.15) is 5.78 Å². The first-order valence-electron chi connectivity index (χ1n) is 8.79. The van der Waals surface area contributed by atoms with Crippen LogP contribution in [0.3, 0.4) is 0 Å². The molecule has 0 saturated carbocycles. The summed E-state index contributed by atoms with van der Waals surface area (Å²) in [5.74, 6) is 2.00. The number of thiophene rings is 1. The predicted molar refractivity (Wildman–Crippen MR) is 109 cm³/mol. The molecule has 0 amide bonds. The third-order valence-corrected chi connectivity index (χ3v) is 6.08. The van der Waals surface area contributed by atoms with E-state index >= 15 is 0 Å². The van der Waals surface area contributed by atoms with Crippen molar-refractivity contribution in [3.05, 3.63) is 52.9 Å². The maximum atomic E-state index is 12.4. The first-order chi connectivity index (χ1) is 12.6. The molecule has 6 heteroatoms. The smallest absolute Gasteiger partial charge is 0.191 e. The third-order valence-electron chi connectivity index (χ3n) is 4.18. The Balaban J connectivity index is 1.61. The maximum absolute atomic E-state index is 12.4. The minimum absolute atomic E-state index is 0.204. The molecule has 0 aliphatic heterocycles. The number of nitrogens with zero attached hydrogens (tertiary/aromatic N) is 3. The highest BCUT2D eigenvalue weighted by atomic mass is 32.2. The Morgan fingerprint density at radius 3 is 2.58 bits per heavy atom. The summed E-state index contributed by atoms with van der Waals surface area (Å²) in [5.41, 5.74) is 2.36. The van der Waals surface area contributed by atoms with Crippen LogP contribution in [0.25, 0.3) is 10.7 Å². The van der Waals surface area contributed by atoms with Crippen LogP contribution in [0.15, 0.2) is 46.9 Å². The van der Waals surface area contributed by atoms with Crippen LogP contribution < -0.4 is 0 Å². The summed E-state index contributed by atoms with van der Waals surface area (Å²) in [6, 6.07) is 12.4. The van der Waals surface area contributed by atoms with Gasteiger partial charge in [0, 0.05) is 13.0 Å². The fraction of sp³-hybridized carbons (Fsp3) is 0.350. The lowest BCUT2D eigenvalue weighted by molar-refractivity contribution is -0.116. The average Bonchev–Trinajstić information content (AvgIpc) is 3.29. The minimum atomic E-state index is 0.204. The topological polar surface area (TPSA) is 47.8 Å². The SMILES string of the molecule is CCn1c(SCC(=O)Cc2ccc(C(C)C)cc2)nnc1-c1cccs1. The lowest BCUT2D eigenvalue weighted by atomic mass is 10.0. The number of benzene rings is 1. The van der Waals surface area contributed by atoms with Gasteiger partial charge in [0.15, 0.2) is 11.0 Å². The van der Waals surface area contributed by atoms with E-state index in [1.165, 1.54) is 17.3 Å². The fourth-order valence-electron chi connectivity index (χ4n) is 2.71. The van der Waals surface area contributed by atoms with Gasteiger partial charge in [0.05, 0.1) is 10.6 Å². The number of aromatic nitrogens is 3. The summed E-state index contributed by atoms with van der Waals surface area (Å²) in [6.45, 7) is 7.20. The van der Waals surface area contributed by atoms with Gasteiger partial charge in [-0.15, -0.1) is 21.5 Å². The lowest BCUT2D eigenvalue weighted by Crippen LogP contribution is -2.07. The zero-order valence-corrected chi connectivity index (χ0v) is 16.9. The molecule has 0 saturated heterocycles. The van der Waals surface area contributed by atoms with E-state index in [0.29, 0.717) is 18.1 Å². The van der Waals surface area contributed by atoms with E-state index < -0.39 is 0 Å². The van der Waals surface area contributed by atoms with Crippen LogP contribution in [0.5, 0.6) is 0 Å². The Kier molecular flexibility index (Phi) is 6.27. The van der Waals surface area contributed by atoms with Crippen molar-refractivity contribution in [2.75, 3.05) is 5.75 Å². The molecule has 0 aliphatic carbocycles. The number of carbonyl (C=O) groups is 1. The quantitative estimate of drug-likeness (QED) is 0.509. The number of carbonyl (C=O) groups excluding carboxylic acids is 1. The van der Waals surface area contributed by atoms with Crippen LogP contribution in [0.1, 0.15) is 37.8 Å². The molecule has 0 aliphatic rings. The maximum Gasteiger partial charge on any atom is 0.191 e. The van der Waals surface area contributed by atoms with E-state index in [9.17, 15) is 4.79 Å². The summed E-state index contributed by atoms with van der Waals surface area (Å²) in [4.78, 5) is 13.5. The first-order valence-corrected chi connectivity index (χ1v) is 10.7. The second-order valence-electron chi connectivity index (χ2n) is 6.43. The predicted octanol–water partition coefficient (Wildman–Crippen LogP) is 5.05. The molecule has 2 aromatic heterocycles. The molecule has 1 aromatic carbocycles. The molecular weight excluding hydrogens is 362 g/mol. The van der Waals surface area contributed by atoms with Crippen LogP contribution >= 0.6 is 23.1 Å². The van der Waals surface area contributed by atoms with Crippen molar-refractivity contribution in [3.8, 4) is 10.7 Å². The van der Waals surface area contributed by atoms with Crippen molar-refractivity contribution in [1.82, 2.24) is 14.8 Å². The summed E-state index contributed by atoms with van der Waals surface area (Å²) in [7, 11) is 0. The number of hydrogen-bond donors (Lipinski definition) is 0. The van der Waals surface area contributed by atoms with Gasteiger partial charge in [-0.2, -0.15) is 0 Å². The van der Waals surface area contributed by atoms with Crippen molar-refractivity contribution >= 4 is 28.9 Å². The Bertz CT molecular complexity index is 852. The second kappa shape index (κ2) is 8.64. The monoisotopic (exact) mass is 385 g/mol. The molecule has 0 radical (unpaired) electrons. The highest BCUT2D eigenvalue weighted by Crippen LogP contribution is 2.27. The van der Waals surface area contributed by atoms with E-state index in [2.05, 4.69) is 59.8 Å². The Morgan fingerprint density at radius 2 is 1.96 bits per heavy atom. The van der Waals surface area contributed by atoms with Crippen molar-refractivity contribution < 1.29 is 4.79 Å². The zero-order valence-electron chi connectivity index (χ0n) is 15.3. The molecule has 0 bridgehead atoms. The molecular formula is C20H23N3OS2. The molecule has 4 nitrogen and oxygen atoms in total. The van der Waals surface area contributed by atoms with Crippen LogP contribution in [-0.2, 0) is 17.8 Å². The lowest BCUT2D eigenvalue weighted by Gasteiger charge is -2.07. The van der Waals surface area contributed by atoms with Crippen LogP contribution in [0.4, 0.5) is 0 Å². The molecule has 0 unspecified atom stereocenters. The Morgan fingerprint density at radius 1 is 1.19 bits per heavy atom. The van der Waals surface area contributed by atoms with Gasteiger partial charge in [-0.05, 0) is 35.4 Å². The Hall–Kier alpha value is -1.92. The van der Waals surface area contributed by atoms with E-state index in [0.717, 1.165) is 28.0 Å². The van der Waals surface area contributed by atoms with Gasteiger partial charge in [0.25, 0.3) is 0 Å². The standard InChI is InChI=1S/C20H23N3OS2/c1-4-23-19(18-6-5-11-25-18)21-22-20(23)26-13-17(24)12-15-7-9-16(10-8-15)14(2)3/h5-11,14H,4,12-13H2,1-3H3. The van der Waals surface area contributed by atoms with Crippen LogP contribution in [0.2, 0.25) is 0 Å². The van der Waals surface area contributed by atoms with E-state index in [-0.39, 0.29) is 5.78 Å². The highest BCUT2D eigenvalue weighted by Gasteiger charge is 2.15. The van der Waals surface area contributed by atoms with E-state index in [4.69, 9.17) is 0 Å². The molecule has 136 valence electrons. The number of thioether (sulfide) groups is 1. The normalized spacial score (nSPS) is 11.2. The van der Waals surface area contributed by atoms with Crippen molar-refractivity contribution in [1.29, 1.82) is 0 Å². The van der Waals surface area contributed by atoms with Crippen LogP contribution in [0, 0.1) is 0 Å². The largest absolute Gasteiger partial charge is 0.302 e. The van der Waals surface area contributed by atoms with Gasteiger partial charge in [-0.1, -0.05) is 55.9 Å². The average molecular weight is 386 g/mol. The molecule has 3 rings (SSSR count). The van der Waals surface area contributed by atoms with Crippen molar-refractivity contribution in [3.63, 3.8) is 0 Å². The molecule has 26 heavy (non-hydrogen) atoms. The second-order valence-corrected chi connectivity index (χ2v) is 8.32. The first kappa shape index (κ1) is 18.9. The molecule has 3 aromatic rings. The zero-order chi connectivity index (χ0) is 18.5. The van der Waals surface area contributed by atoms with Gasteiger partial charge >= 0.3 is 0 Å². The molecule has 0 fully saturated rings. The molecule has 0 N–H and O–H groups in total. The van der Waals surface area contributed by atoms with E-state index in [1.807, 2.05) is 17.5 Å². The third kappa shape index (κ3) is 4.43. The van der Waals surface area contributed by atoms with Crippen molar-refractivity contribution in [2.24, 2.45) is 0 Å². The van der Waals surface area contributed by atoms with Gasteiger partial charge < -0.3 is 4.57 Å². The molecule has 2 heterocycles. The van der Waals surface area contributed by atoms with Gasteiger partial charge in [-0.3, -0.25) is 4.79 Å². The highest BCUT2D eigenvalue weighted by molar-refractivity contribution is 7.99. The number of ketones is 1. The van der Waals surface area contributed by atoms with Gasteiger partial charge in [0.2, 0.25) is 0 Å². The summed E-state index contributed by atoms with van der Waals surface area (Å²) >= 11 is 3.12. The summed E-state index contributed by atoms with van der Waals surface area (Å²) in [6.07, 6.45) is 0.462. The fourth-order valence-corrected chi connectivity index (χ4v) is 4.29. The number of Topliss-reactive ketones (excluding diaryl/α,β-unsaturated/α-hetero) is 1. The van der Waals surface area contributed by atoms with Gasteiger partial charge in [-0.25, -0.2) is 0 Å². The van der Waals surface area contributed by atoms with E-state index in [1.54, 1.807) is 11.3 Å². The van der Waals surface area contributed by atoms with Crippen LogP contribution in [-0.4, -0.2) is 26.3 Å². The number of hydrogen-bond acceptors (Lipinski definition) is 5. The number of rotatable bonds is 8. The summed E-state index contributed by atoms with van der Waals surface area (Å²) in [5, 5.41) is 11.4. The molecule has 0 atom stereocenters. The van der Waals surface area contributed by atoms with Crippen molar-refractivity contribution in [2.45, 2.75) is 44.8 Å². The minimum Gasteiger partial charge on any atom is -0.302 e. The summed E-state index contributed by atoms with van der Waals surface area (Å²) < 4.78 is 2.07. The molecule has 0 spiro atoms.